The number of anilines is 11. The molecule has 0 aliphatic heterocycles. The van der Waals surface area contributed by atoms with E-state index in [4.69, 9.17) is 11.5 Å². The van der Waals surface area contributed by atoms with Gasteiger partial charge in [-0.3, -0.25) is 0 Å². The molecule has 0 fully saturated rings. The number of benzene rings is 3. The maximum absolute atomic E-state index is 9.23. The van der Waals surface area contributed by atoms with Crippen LogP contribution in [-0.2, 0) is 6.42 Å². The van der Waals surface area contributed by atoms with Gasteiger partial charge in [-0.2, -0.15) is 29.9 Å². The van der Waals surface area contributed by atoms with E-state index in [0.717, 1.165) is 29.0 Å². The van der Waals surface area contributed by atoms with Gasteiger partial charge < -0.3 is 48.1 Å². The molecular weight excluding hydrogens is 572 g/mol. The summed E-state index contributed by atoms with van der Waals surface area (Å²) in [6.07, 6.45) is 0.733. The number of aromatic nitrogens is 6. The van der Waals surface area contributed by atoms with Crippen molar-refractivity contribution >= 4 is 64.1 Å². The molecule has 0 amide bonds. The number of rotatable bonds is 14. The van der Waals surface area contributed by atoms with E-state index >= 15 is 0 Å². The van der Waals surface area contributed by atoms with Crippen LogP contribution in [0.15, 0.2) is 72.8 Å². The van der Waals surface area contributed by atoms with Crippen LogP contribution in [0.25, 0.3) is 0 Å². The lowest BCUT2D eigenvalue weighted by Gasteiger charge is -2.14. The normalized spacial score (nSPS) is 10.6. The van der Waals surface area contributed by atoms with Crippen LogP contribution >= 0.6 is 0 Å². The van der Waals surface area contributed by atoms with Gasteiger partial charge in [0.15, 0.2) is 0 Å². The fourth-order valence-corrected chi connectivity index (χ4v) is 4.13. The Morgan fingerprint density at radius 2 is 1.09 bits per heavy atom. The molecular formula is C30H36N14O. The number of nitrogens with zero attached hydrogens (tertiary/aromatic N) is 7. The first-order valence-corrected chi connectivity index (χ1v) is 14.2. The van der Waals surface area contributed by atoms with Gasteiger partial charge in [0, 0.05) is 55.6 Å². The third-order valence-electron chi connectivity index (χ3n) is 6.25. The average Bonchev–Trinajstić information content (AvgIpc) is 3.01. The van der Waals surface area contributed by atoms with Crippen molar-refractivity contribution in [3.63, 3.8) is 0 Å². The van der Waals surface area contributed by atoms with Crippen LogP contribution in [0, 0.1) is 0 Å². The number of hydrogen-bond acceptors (Lipinski definition) is 15. The highest BCUT2D eigenvalue weighted by atomic mass is 16.3. The largest absolute Gasteiger partial charge is 0.399 e. The lowest BCUT2D eigenvalue weighted by Crippen LogP contribution is -2.17. The molecule has 5 rings (SSSR count). The molecule has 0 unspecified atom stereocenters. The topological polar surface area (TPSA) is 213 Å². The van der Waals surface area contributed by atoms with E-state index < -0.39 is 0 Å². The molecule has 45 heavy (non-hydrogen) atoms. The molecule has 0 saturated carbocycles. The zero-order chi connectivity index (χ0) is 31.6. The van der Waals surface area contributed by atoms with E-state index in [0.29, 0.717) is 60.2 Å². The molecule has 0 saturated heterocycles. The maximum atomic E-state index is 9.23. The van der Waals surface area contributed by atoms with Gasteiger partial charge in [-0.1, -0.05) is 24.3 Å². The summed E-state index contributed by atoms with van der Waals surface area (Å²) in [6.45, 7) is 0.840. The molecule has 232 valence electrons. The Bertz CT molecular complexity index is 1710. The zero-order valence-electron chi connectivity index (χ0n) is 25.0. The quantitative estimate of drug-likeness (QED) is 0.0846. The second-order valence-electron chi connectivity index (χ2n) is 10.1. The summed E-state index contributed by atoms with van der Waals surface area (Å²) in [6, 6.07) is 22.6. The SMILES string of the molecule is CN(C)c1nc(NCCc2ccc(Nc3nc(NCCO)nc(Nc4cccc(N)c4)n3)cc2)nc(Nc2cccc(N)c2)n1. The van der Waals surface area contributed by atoms with E-state index in [2.05, 4.69) is 56.5 Å². The number of nitrogens with one attached hydrogen (secondary N) is 5. The molecule has 15 heteroatoms. The van der Waals surface area contributed by atoms with Crippen LogP contribution in [0.5, 0.6) is 0 Å². The summed E-state index contributed by atoms with van der Waals surface area (Å²) < 4.78 is 0. The molecule has 0 aliphatic carbocycles. The van der Waals surface area contributed by atoms with E-state index in [-0.39, 0.29) is 6.61 Å². The van der Waals surface area contributed by atoms with Crippen molar-refractivity contribution in [1.29, 1.82) is 0 Å². The lowest BCUT2D eigenvalue weighted by molar-refractivity contribution is 0.311. The predicted octanol–water partition coefficient (Wildman–Crippen LogP) is 3.58. The Balaban J connectivity index is 1.21. The Kier molecular flexibility index (Phi) is 9.81. The smallest absolute Gasteiger partial charge is 0.233 e. The van der Waals surface area contributed by atoms with Crippen molar-refractivity contribution < 1.29 is 5.11 Å². The van der Waals surface area contributed by atoms with Crippen molar-refractivity contribution in [2.75, 3.05) is 76.7 Å². The minimum Gasteiger partial charge on any atom is -0.399 e. The van der Waals surface area contributed by atoms with Crippen LogP contribution in [0.4, 0.5) is 64.1 Å². The predicted molar refractivity (Wildman–Crippen MR) is 180 cm³/mol. The summed E-state index contributed by atoms with van der Waals surface area (Å²) in [5.74, 6) is 2.37. The Labute approximate surface area is 260 Å². The first kappa shape index (κ1) is 30.5. The highest BCUT2D eigenvalue weighted by Gasteiger charge is 2.10. The molecule has 0 bridgehead atoms. The van der Waals surface area contributed by atoms with Gasteiger partial charge in [-0.05, 0) is 60.5 Å². The molecule has 15 nitrogen and oxygen atoms in total. The van der Waals surface area contributed by atoms with Crippen LogP contribution < -0.4 is 43.0 Å². The molecule has 2 aromatic heterocycles. The minimum atomic E-state index is -0.0614. The van der Waals surface area contributed by atoms with Crippen molar-refractivity contribution in [3.05, 3.63) is 78.4 Å². The Morgan fingerprint density at radius 1 is 0.600 bits per heavy atom. The third-order valence-corrected chi connectivity index (χ3v) is 6.25. The summed E-state index contributed by atoms with van der Waals surface area (Å²) in [4.78, 5) is 28.6. The van der Waals surface area contributed by atoms with Crippen molar-refractivity contribution in [1.82, 2.24) is 29.9 Å². The summed E-state index contributed by atoms with van der Waals surface area (Å²) in [5, 5.41) is 25.1. The second kappa shape index (κ2) is 14.5. The van der Waals surface area contributed by atoms with Crippen LogP contribution in [0.2, 0.25) is 0 Å². The molecule has 3 aromatic carbocycles. The van der Waals surface area contributed by atoms with Gasteiger partial charge in [0.2, 0.25) is 35.7 Å². The zero-order valence-corrected chi connectivity index (χ0v) is 25.0. The third kappa shape index (κ3) is 9.01. The minimum absolute atomic E-state index is 0.0614. The maximum Gasteiger partial charge on any atom is 0.233 e. The molecule has 2 heterocycles. The fourth-order valence-electron chi connectivity index (χ4n) is 4.13. The first-order valence-electron chi connectivity index (χ1n) is 14.2. The van der Waals surface area contributed by atoms with E-state index in [1.54, 1.807) is 12.1 Å². The lowest BCUT2D eigenvalue weighted by atomic mass is 10.1. The van der Waals surface area contributed by atoms with Crippen LogP contribution in [0.1, 0.15) is 5.56 Å². The van der Waals surface area contributed by atoms with E-state index in [1.165, 1.54) is 0 Å². The average molecular weight is 609 g/mol. The van der Waals surface area contributed by atoms with Crippen LogP contribution in [0.3, 0.4) is 0 Å². The Morgan fingerprint density at radius 3 is 1.64 bits per heavy atom. The Hall–Kier alpha value is -5.96. The molecule has 0 radical (unpaired) electrons. The summed E-state index contributed by atoms with van der Waals surface area (Å²) in [7, 11) is 3.75. The number of hydrogen-bond donors (Lipinski definition) is 8. The second-order valence-corrected chi connectivity index (χ2v) is 10.1. The fraction of sp³-hybridized carbons (Fsp3) is 0.200. The number of nitrogens with two attached hydrogens (primary N) is 2. The van der Waals surface area contributed by atoms with Gasteiger partial charge in [-0.15, -0.1) is 0 Å². The molecule has 0 spiro atoms. The van der Waals surface area contributed by atoms with Crippen molar-refractivity contribution in [3.8, 4) is 0 Å². The monoisotopic (exact) mass is 608 g/mol. The van der Waals surface area contributed by atoms with Gasteiger partial charge in [0.25, 0.3) is 0 Å². The first-order chi connectivity index (χ1) is 21.8. The number of nitrogen functional groups attached to an aromatic ring is 2. The van der Waals surface area contributed by atoms with Gasteiger partial charge >= 0.3 is 0 Å². The summed E-state index contributed by atoms with van der Waals surface area (Å²) in [5.41, 5.74) is 16.5. The highest BCUT2D eigenvalue weighted by molar-refractivity contribution is 5.63. The van der Waals surface area contributed by atoms with E-state index in [9.17, 15) is 5.11 Å². The van der Waals surface area contributed by atoms with Gasteiger partial charge in [0.05, 0.1) is 6.61 Å². The van der Waals surface area contributed by atoms with E-state index in [1.807, 2.05) is 79.7 Å². The molecule has 0 atom stereocenters. The highest BCUT2D eigenvalue weighted by Crippen LogP contribution is 2.21. The van der Waals surface area contributed by atoms with Crippen molar-refractivity contribution in [2.24, 2.45) is 0 Å². The standard InChI is InChI=1S/C30H36N14O/c1-44(2)30-42-26(40-29(43-30)37-24-8-4-6-21(32)18-24)33-14-13-19-9-11-22(12-10-19)35-27-38-25(34-15-16-45)39-28(41-27)36-23-7-3-5-20(31)17-23/h3-12,17-18,45H,13-16,31-32H2,1-2H3,(H2,33,37,40,42,43)(H3,34,35,36,38,39,41). The number of aliphatic hydroxyl groups is 1. The van der Waals surface area contributed by atoms with Crippen molar-refractivity contribution in [2.45, 2.75) is 6.42 Å². The summed E-state index contributed by atoms with van der Waals surface area (Å²) >= 11 is 0. The van der Waals surface area contributed by atoms with Gasteiger partial charge in [0.1, 0.15) is 0 Å². The number of aliphatic hydroxyl groups excluding tert-OH is 1. The molecule has 0 aliphatic rings. The van der Waals surface area contributed by atoms with Gasteiger partial charge in [-0.25, -0.2) is 0 Å². The molecule has 10 N–H and O–H groups in total. The molecule has 5 aromatic rings. The van der Waals surface area contributed by atoms with Crippen LogP contribution in [-0.4, -0.2) is 68.8 Å².